The lowest BCUT2D eigenvalue weighted by Gasteiger charge is -2.01. The molecule has 1 aromatic rings. The number of benzene rings is 1. The molecule has 0 heterocycles. The van der Waals surface area contributed by atoms with Crippen LogP contribution in [0.15, 0.2) is 12.1 Å². The van der Waals surface area contributed by atoms with Gasteiger partial charge in [-0.1, -0.05) is 0 Å². The summed E-state index contributed by atoms with van der Waals surface area (Å²) in [6.45, 7) is 0. The molecule has 0 radical (unpaired) electrons. The molecular weight excluding hydrogens is 305 g/mol. The molecular formula is C7H4INO5. The van der Waals surface area contributed by atoms with Crippen molar-refractivity contribution < 1.29 is 19.9 Å². The number of non-ortho nitro benzene ring substituents is 1. The first-order valence-corrected chi connectivity index (χ1v) is 4.41. The lowest BCUT2D eigenvalue weighted by atomic mass is 10.2. The van der Waals surface area contributed by atoms with Gasteiger partial charge in [-0.3, -0.25) is 10.1 Å². The lowest BCUT2D eigenvalue weighted by Crippen LogP contribution is -2.00. The van der Waals surface area contributed by atoms with Gasteiger partial charge in [0.05, 0.1) is 8.49 Å². The maximum atomic E-state index is 10.6. The predicted molar refractivity (Wildman–Crippen MR) is 54.4 cm³/mol. The molecule has 7 heteroatoms. The molecule has 0 amide bonds. The van der Waals surface area contributed by atoms with E-state index in [-0.39, 0.29) is 9.26 Å². The van der Waals surface area contributed by atoms with Gasteiger partial charge in [0.1, 0.15) is 11.3 Å². The van der Waals surface area contributed by atoms with Crippen molar-refractivity contribution in [1.82, 2.24) is 0 Å². The summed E-state index contributed by atoms with van der Waals surface area (Å²) >= 11 is 1.62. The van der Waals surface area contributed by atoms with Crippen molar-refractivity contribution in [3.63, 3.8) is 0 Å². The Morgan fingerprint density at radius 3 is 2.50 bits per heavy atom. The van der Waals surface area contributed by atoms with Crippen molar-refractivity contribution in [2.45, 2.75) is 0 Å². The number of aromatic hydroxyl groups is 1. The number of nitro groups is 1. The van der Waals surface area contributed by atoms with E-state index in [2.05, 4.69) is 0 Å². The minimum absolute atomic E-state index is 0.134. The molecule has 0 aliphatic heterocycles. The van der Waals surface area contributed by atoms with Gasteiger partial charge in [-0.15, -0.1) is 0 Å². The maximum Gasteiger partial charge on any atom is 0.339 e. The average molecular weight is 309 g/mol. The number of nitro benzene ring substituents is 1. The molecule has 6 nitrogen and oxygen atoms in total. The second kappa shape index (κ2) is 3.78. The van der Waals surface area contributed by atoms with E-state index in [1.807, 2.05) is 0 Å². The third kappa shape index (κ3) is 1.92. The number of carboxylic acids is 1. The van der Waals surface area contributed by atoms with Crippen LogP contribution in [0.3, 0.4) is 0 Å². The van der Waals surface area contributed by atoms with Crippen molar-refractivity contribution in [3.8, 4) is 5.75 Å². The van der Waals surface area contributed by atoms with Gasteiger partial charge in [-0.05, 0) is 22.6 Å². The summed E-state index contributed by atoms with van der Waals surface area (Å²) < 4.78 is 0.134. The van der Waals surface area contributed by atoms with E-state index in [4.69, 9.17) is 5.11 Å². The highest BCUT2D eigenvalue weighted by molar-refractivity contribution is 14.1. The van der Waals surface area contributed by atoms with Crippen molar-refractivity contribution in [2.24, 2.45) is 0 Å². The van der Waals surface area contributed by atoms with Crippen LogP contribution in [0, 0.1) is 13.7 Å². The number of hydrogen-bond donors (Lipinski definition) is 2. The number of phenols is 1. The van der Waals surface area contributed by atoms with Gasteiger partial charge in [-0.25, -0.2) is 4.79 Å². The van der Waals surface area contributed by atoms with Gasteiger partial charge in [-0.2, -0.15) is 0 Å². The summed E-state index contributed by atoms with van der Waals surface area (Å²) in [5, 5.41) is 28.2. The molecule has 0 spiro atoms. The number of carboxylic acid groups (broad SMARTS) is 1. The van der Waals surface area contributed by atoms with E-state index < -0.39 is 22.2 Å². The van der Waals surface area contributed by atoms with Crippen LogP contribution in [-0.2, 0) is 0 Å². The Balaban J connectivity index is 3.43. The largest absolute Gasteiger partial charge is 0.506 e. The number of hydrogen-bond acceptors (Lipinski definition) is 4. The Kier molecular flexibility index (Phi) is 2.89. The minimum Gasteiger partial charge on any atom is -0.506 e. The fourth-order valence-corrected chi connectivity index (χ4v) is 1.46. The number of nitrogens with zero attached hydrogens (tertiary/aromatic N) is 1. The minimum atomic E-state index is -1.40. The Morgan fingerprint density at radius 1 is 1.50 bits per heavy atom. The van der Waals surface area contributed by atoms with Crippen LogP contribution in [0.25, 0.3) is 0 Å². The van der Waals surface area contributed by atoms with Gasteiger partial charge in [0, 0.05) is 12.1 Å². The molecule has 2 N–H and O–H groups in total. The summed E-state index contributed by atoms with van der Waals surface area (Å²) in [4.78, 5) is 20.2. The molecule has 0 unspecified atom stereocenters. The molecule has 14 heavy (non-hydrogen) atoms. The Labute approximate surface area is 91.5 Å². The summed E-state index contributed by atoms with van der Waals surface area (Å²) in [6, 6.07) is 1.92. The van der Waals surface area contributed by atoms with Gasteiger partial charge in [0.2, 0.25) is 0 Å². The molecule has 0 bridgehead atoms. The molecule has 0 aliphatic carbocycles. The van der Waals surface area contributed by atoms with E-state index in [9.17, 15) is 20.0 Å². The Bertz CT molecular complexity index is 417. The SMILES string of the molecule is O=C(O)c1cc([N+](=O)[O-])cc(I)c1O. The number of aromatic carboxylic acids is 1. The molecule has 1 aromatic carbocycles. The first kappa shape index (κ1) is 10.7. The highest BCUT2D eigenvalue weighted by Crippen LogP contribution is 2.29. The normalized spacial score (nSPS) is 9.79. The third-order valence-electron chi connectivity index (χ3n) is 1.49. The highest BCUT2D eigenvalue weighted by Gasteiger charge is 2.18. The molecule has 0 saturated heterocycles. The zero-order valence-electron chi connectivity index (χ0n) is 6.60. The first-order chi connectivity index (χ1) is 6.43. The molecule has 0 atom stereocenters. The quantitative estimate of drug-likeness (QED) is 0.491. The van der Waals surface area contributed by atoms with Crippen molar-refractivity contribution in [1.29, 1.82) is 0 Å². The standard InChI is InChI=1S/C7H4INO5/c8-5-2-3(9(13)14)1-4(6(5)10)7(11)12/h1-2,10H,(H,11,12). The van der Waals surface area contributed by atoms with Gasteiger partial charge < -0.3 is 10.2 Å². The van der Waals surface area contributed by atoms with Crippen LogP contribution >= 0.6 is 22.6 Å². The van der Waals surface area contributed by atoms with Crippen LogP contribution < -0.4 is 0 Å². The first-order valence-electron chi connectivity index (χ1n) is 3.33. The van der Waals surface area contributed by atoms with Crippen molar-refractivity contribution in [3.05, 3.63) is 31.4 Å². The monoisotopic (exact) mass is 309 g/mol. The van der Waals surface area contributed by atoms with Crippen LogP contribution in [-0.4, -0.2) is 21.1 Å². The van der Waals surface area contributed by atoms with E-state index in [0.29, 0.717) is 0 Å². The van der Waals surface area contributed by atoms with Gasteiger partial charge in [0.25, 0.3) is 5.69 Å². The summed E-state index contributed by atoms with van der Waals surface area (Å²) in [6.07, 6.45) is 0. The predicted octanol–water partition coefficient (Wildman–Crippen LogP) is 1.60. The van der Waals surface area contributed by atoms with E-state index in [1.54, 1.807) is 22.6 Å². The number of halogens is 1. The molecule has 0 aromatic heterocycles. The summed E-state index contributed by atoms with van der Waals surface area (Å²) in [5.41, 5.74) is -0.826. The molecule has 0 saturated carbocycles. The number of carbonyl (C=O) groups is 1. The second-order valence-corrected chi connectivity index (χ2v) is 3.55. The smallest absolute Gasteiger partial charge is 0.339 e. The topological polar surface area (TPSA) is 101 Å². The van der Waals surface area contributed by atoms with Crippen LogP contribution in [0.4, 0.5) is 5.69 Å². The fourth-order valence-electron chi connectivity index (χ4n) is 0.853. The van der Waals surface area contributed by atoms with E-state index >= 15 is 0 Å². The van der Waals surface area contributed by atoms with Gasteiger partial charge in [0.15, 0.2) is 0 Å². The average Bonchev–Trinajstić information content (AvgIpc) is 2.08. The Morgan fingerprint density at radius 2 is 2.07 bits per heavy atom. The van der Waals surface area contributed by atoms with Crippen LogP contribution in [0.2, 0.25) is 0 Å². The molecule has 0 fully saturated rings. The van der Waals surface area contributed by atoms with Crippen molar-refractivity contribution in [2.75, 3.05) is 0 Å². The van der Waals surface area contributed by atoms with Crippen LogP contribution in [0.1, 0.15) is 10.4 Å². The summed E-state index contributed by atoms with van der Waals surface area (Å²) in [5.74, 6) is -1.85. The van der Waals surface area contributed by atoms with Crippen molar-refractivity contribution >= 4 is 34.2 Å². The van der Waals surface area contributed by atoms with Gasteiger partial charge >= 0.3 is 5.97 Å². The lowest BCUT2D eigenvalue weighted by molar-refractivity contribution is -0.385. The van der Waals surface area contributed by atoms with Crippen LogP contribution in [0.5, 0.6) is 5.75 Å². The fraction of sp³-hybridized carbons (Fsp3) is 0. The summed E-state index contributed by atoms with van der Waals surface area (Å²) in [7, 11) is 0. The highest BCUT2D eigenvalue weighted by atomic mass is 127. The number of rotatable bonds is 2. The molecule has 1 rings (SSSR count). The third-order valence-corrected chi connectivity index (χ3v) is 2.31. The molecule has 74 valence electrons. The maximum absolute atomic E-state index is 10.6. The zero-order valence-corrected chi connectivity index (χ0v) is 8.76. The zero-order chi connectivity index (χ0) is 10.9. The Hall–Kier alpha value is -1.38. The van der Waals surface area contributed by atoms with E-state index in [1.165, 1.54) is 0 Å². The van der Waals surface area contributed by atoms with E-state index in [0.717, 1.165) is 12.1 Å². The molecule has 0 aliphatic rings. The second-order valence-electron chi connectivity index (χ2n) is 2.39.